The minimum atomic E-state index is -0.578. The molecule has 7 heteroatoms. The molecule has 1 aliphatic carbocycles. The Labute approximate surface area is 211 Å². The van der Waals surface area contributed by atoms with E-state index in [0.29, 0.717) is 24.6 Å². The number of amides is 3. The normalized spacial score (nSPS) is 20.7. The number of carbonyl (C=O) groups excluding carboxylic acids is 3. The second-order valence-corrected chi connectivity index (χ2v) is 10.8. The maximum Gasteiger partial charge on any atom is 0.255 e. The predicted molar refractivity (Wildman–Crippen MR) is 137 cm³/mol. The van der Waals surface area contributed by atoms with Crippen LogP contribution in [0.1, 0.15) is 72.0 Å². The summed E-state index contributed by atoms with van der Waals surface area (Å²) in [7, 11) is 0. The molecule has 2 heterocycles. The summed E-state index contributed by atoms with van der Waals surface area (Å²) >= 11 is 1.73. The van der Waals surface area contributed by atoms with Crippen LogP contribution in [0.25, 0.3) is 0 Å². The lowest BCUT2D eigenvalue weighted by molar-refractivity contribution is -0.136. The first kappa shape index (κ1) is 24.1. The maximum absolute atomic E-state index is 13.0. The molecular weight excluding hydrogens is 458 g/mol. The molecule has 3 amide bonds. The van der Waals surface area contributed by atoms with Crippen LogP contribution in [0.2, 0.25) is 0 Å². The number of nitrogens with zero attached hydrogens (tertiary/aromatic N) is 1. The first-order valence-electron chi connectivity index (χ1n) is 12.8. The topological polar surface area (TPSA) is 78.5 Å². The number of imide groups is 1. The lowest BCUT2D eigenvalue weighted by Crippen LogP contribution is -2.52. The van der Waals surface area contributed by atoms with Crippen LogP contribution in [0.3, 0.4) is 0 Å². The molecule has 1 saturated carbocycles. The molecule has 2 aromatic rings. The van der Waals surface area contributed by atoms with Crippen molar-refractivity contribution in [2.45, 2.75) is 80.6 Å². The van der Waals surface area contributed by atoms with Gasteiger partial charge >= 0.3 is 0 Å². The number of hydrogen-bond acceptors (Lipinski definition) is 5. The van der Waals surface area contributed by atoms with Gasteiger partial charge in [0.1, 0.15) is 6.04 Å². The average molecular weight is 492 g/mol. The quantitative estimate of drug-likeness (QED) is 0.427. The second-order valence-electron chi connectivity index (χ2n) is 9.83. The summed E-state index contributed by atoms with van der Waals surface area (Å²) in [6, 6.07) is 14.8. The highest BCUT2D eigenvalue weighted by Gasteiger charge is 2.39. The fourth-order valence-corrected chi connectivity index (χ4v) is 6.42. The minimum absolute atomic E-state index is 0.122. The van der Waals surface area contributed by atoms with E-state index in [2.05, 4.69) is 41.0 Å². The van der Waals surface area contributed by atoms with Gasteiger partial charge in [0.15, 0.2) is 0 Å². The van der Waals surface area contributed by atoms with E-state index in [9.17, 15) is 14.4 Å². The number of carbonyl (C=O) groups is 3. The highest BCUT2D eigenvalue weighted by Crippen LogP contribution is 2.35. The number of hydrogen-bond donors (Lipinski definition) is 2. The summed E-state index contributed by atoms with van der Waals surface area (Å²) < 4.78 is 0. The third kappa shape index (κ3) is 5.62. The van der Waals surface area contributed by atoms with Crippen LogP contribution in [0.5, 0.6) is 0 Å². The van der Waals surface area contributed by atoms with Gasteiger partial charge in [0.2, 0.25) is 11.8 Å². The molecule has 1 unspecified atom stereocenters. The molecule has 6 nitrogen and oxygen atoms in total. The summed E-state index contributed by atoms with van der Waals surface area (Å²) in [5.41, 5.74) is 4.26. The zero-order chi connectivity index (χ0) is 24.2. The van der Waals surface area contributed by atoms with Gasteiger partial charge in [0.25, 0.3) is 5.91 Å². The molecule has 2 aliphatic heterocycles. The minimum Gasteiger partial charge on any atom is -0.322 e. The fraction of sp³-hybridized carbons (Fsp3) is 0.464. The molecule has 1 saturated heterocycles. The lowest BCUT2D eigenvalue weighted by atomic mass is 9.95. The molecule has 2 fully saturated rings. The maximum atomic E-state index is 13.0. The van der Waals surface area contributed by atoms with Crippen LogP contribution in [-0.4, -0.2) is 41.2 Å². The van der Waals surface area contributed by atoms with Crippen LogP contribution in [0, 0.1) is 0 Å². The van der Waals surface area contributed by atoms with Gasteiger partial charge in [-0.1, -0.05) is 49.6 Å². The first-order valence-corrected chi connectivity index (χ1v) is 13.8. The van der Waals surface area contributed by atoms with Crippen molar-refractivity contribution in [2.24, 2.45) is 0 Å². The van der Waals surface area contributed by atoms with E-state index in [1.165, 1.54) is 43.2 Å². The SMILES string of the molecule is O=C1CCC(N2Cc3c(SCc4ccc(CCNC5CCCCC5)cc4)cccc3C2=O)C(=O)N1. The summed E-state index contributed by atoms with van der Waals surface area (Å²) in [6.07, 6.45) is 8.44. The molecule has 0 bridgehead atoms. The lowest BCUT2D eigenvalue weighted by Gasteiger charge is -2.29. The van der Waals surface area contributed by atoms with Crippen LogP contribution < -0.4 is 10.6 Å². The monoisotopic (exact) mass is 491 g/mol. The molecule has 3 aliphatic rings. The molecule has 0 aromatic heterocycles. The van der Waals surface area contributed by atoms with E-state index in [4.69, 9.17) is 0 Å². The molecule has 5 rings (SSSR count). The van der Waals surface area contributed by atoms with Crippen LogP contribution in [-0.2, 0) is 28.3 Å². The van der Waals surface area contributed by atoms with Gasteiger partial charge in [0.05, 0.1) is 0 Å². The predicted octanol–water partition coefficient (Wildman–Crippen LogP) is 4.20. The number of piperidine rings is 1. The van der Waals surface area contributed by atoms with Crippen molar-refractivity contribution in [1.29, 1.82) is 0 Å². The molecule has 35 heavy (non-hydrogen) atoms. The number of fused-ring (bicyclic) bond motifs is 1. The third-order valence-corrected chi connectivity index (χ3v) is 8.58. The van der Waals surface area contributed by atoms with E-state index in [-0.39, 0.29) is 24.1 Å². The van der Waals surface area contributed by atoms with E-state index >= 15 is 0 Å². The fourth-order valence-electron chi connectivity index (χ4n) is 5.38. The van der Waals surface area contributed by atoms with E-state index in [1.807, 2.05) is 12.1 Å². The van der Waals surface area contributed by atoms with Gasteiger partial charge < -0.3 is 10.2 Å². The number of nitrogens with one attached hydrogen (secondary N) is 2. The van der Waals surface area contributed by atoms with Crippen molar-refractivity contribution in [3.8, 4) is 0 Å². The van der Waals surface area contributed by atoms with E-state index < -0.39 is 6.04 Å². The van der Waals surface area contributed by atoms with Crippen LogP contribution >= 0.6 is 11.8 Å². The van der Waals surface area contributed by atoms with Crippen molar-refractivity contribution < 1.29 is 14.4 Å². The Morgan fingerprint density at radius 3 is 2.49 bits per heavy atom. The van der Waals surface area contributed by atoms with Crippen molar-refractivity contribution in [2.75, 3.05) is 6.54 Å². The van der Waals surface area contributed by atoms with Crippen molar-refractivity contribution in [3.63, 3.8) is 0 Å². The van der Waals surface area contributed by atoms with Gasteiger partial charge in [-0.25, -0.2) is 0 Å². The van der Waals surface area contributed by atoms with E-state index in [1.54, 1.807) is 16.7 Å². The van der Waals surface area contributed by atoms with Crippen LogP contribution in [0.15, 0.2) is 47.4 Å². The Bertz CT molecular complexity index is 1100. The summed E-state index contributed by atoms with van der Waals surface area (Å²) in [6.45, 7) is 1.45. The summed E-state index contributed by atoms with van der Waals surface area (Å²) in [5, 5.41) is 6.08. The molecule has 0 radical (unpaired) electrons. The Morgan fingerprint density at radius 2 is 1.71 bits per heavy atom. The zero-order valence-electron chi connectivity index (χ0n) is 20.1. The van der Waals surface area contributed by atoms with Crippen LogP contribution in [0.4, 0.5) is 0 Å². The summed E-state index contributed by atoms with van der Waals surface area (Å²) in [5.74, 6) is 0.0656. The number of rotatable bonds is 8. The standard InChI is InChI=1S/C28H33N3O3S/c32-26-14-13-24(27(33)30-26)31-17-23-22(28(31)34)7-4-8-25(23)35-18-20-11-9-19(10-12-20)15-16-29-21-5-2-1-3-6-21/h4,7-12,21,24,29H,1-3,5-6,13-18H2,(H,30,32,33). The Balaban J connectivity index is 1.16. The van der Waals surface area contributed by atoms with Gasteiger partial charge in [-0.05, 0) is 61.1 Å². The Morgan fingerprint density at radius 1 is 0.943 bits per heavy atom. The zero-order valence-corrected chi connectivity index (χ0v) is 20.9. The highest BCUT2D eigenvalue weighted by atomic mass is 32.2. The molecular formula is C28H33N3O3S. The molecule has 0 spiro atoms. The van der Waals surface area contributed by atoms with Crippen molar-refractivity contribution >= 4 is 29.5 Å². The van der Waals surface area contributed by atoms with Gasteiger partial charge in [0, 0.05) is 35.2 Å². The average Bonchev–Trinajstić information content (AvgIpc) is 3.21. The Hall–Kier alpha value is -2.64. The number of thioether (sulfide) groups is 1. The van der Waals surface area contributed by atoms with Gasteiger partial charge in [-0.2, -0.15) is 0 Å². The second kappa shape index (κ2) is 11.0. The molecule has 1 atom stereocenters. The molecule has 184 valence electrons. The van der Waals surface area contributed by atoms with E-state index in [0.717, 1.165) is 29.2 Å². The van der Waals surface area contributed by atoms with Crippen molar-refractivity contribution in [3.05, 3.63) is 64.7 Å². The third-order valence-electron chi connectivity index (χ3n) is 7.41. The van der Waals surface area contributed by atoms with Gasteiger partial charge in [-0.3, -0.25) is 19.7 Å². The molecule has 2 N–H and O–H groups in total. The smallest absolute Gasteiger partial charge is 0.255 e. The number of benzene rings is 2. The molecule has 2 aromatic carbocycles. The Kier molecular flexibility index (Phi) is 7.54. The largest absolute Gasteiger partial charge is 0.322 e. The van der Waals surface area contributed by atoms with Gasteiger partial charge in [-0.15, -0.1) is 11.8 Å². The summed E-state index contributed by atoms with van der Waals surface area (Å²) in [4.78, 5) is 39.5. The first-order chi connectivity index (χ1) is 17.1. The highest BCUT2D eigenvalue weighted by molar-refractivity contribution is 7.98. The van der Waals surface area contributed by atoms with Crippen molar-refractivity contribution in [1.82, 2.24) is 15.5 Å².